The highest BCUT2D eigenvalue weighted by Gasteiger charge is 2.23. The van der Waals surface area contributed by atoms with Gasteiger partial charge in [-0.2, -0.15) is 0 Å². The molecule has 1 aliphatic rings. The highest BCUT2D eigenvalue weighted by atomic mass is 32.2. The van der Waals surface area contributed by atoms with Crippen molar-refractivity contribution in [1.29, 1.82) is 0 Å². The molecular weight excluding hydrogens is 262 g/mol. The van der Waals surface area contributed by atoms with Crippen LogP contribution in [-0.4, -0.2) is 32.4 Å². The molecule has 0 saturated carbocycles. The van der Waals surface area contributed by atoms with Crippen molar-refractivity contribution in [3.8, 4) is 0 Å². The van der Waals surface area contributed by atoms with Crippen LogP contribution in [-0.2, 0) is 14.6 Å². The van der Waals surface area contributed by atoms with Gasteiger partial charge in [-0.15, -0.1) is 0 Å². The number of carbonyl (C=O) groups is 1. The maximum Gasteiger partial charge on any atom is 0.220 e. The van der Waals surface area contributed by atoms with Crippen LogP contribution in [0.5, 0.6) is 0 Å². The molecule has 0 atom stereocenters. The lowest BCUT2D eigenvalue weighted by Crippen LogP contribution is -2.34. The van der Waals surface area contributed by atoms with Gasteiger partial charge in [-0.3, -0.25) is 4.79 Å². The number of sulfone groups is 1. The fourth-order valence-electron chi connectivity index (χ4n) is 2.27. The number of hydrogen-bond donors (Lipinski definition) is 1. The molecular formula is C14H27NO3S. The summed E-state index contributed by atoms with van der Waals surface area (Å²) in [5.74, 6) is 0.975. The highest BCUT2D eigenvalue weighted by molar-refractivity contribution is 7.91. The van der Waals surface area contributed by atoms with Gasteiger partial charge >= 0.3 is 0 Å². The normalized spacial score (nSPS) is 20.2. The van der Waals surface area contributed by atoms with Gasteiger partial charge in [0.15, 0.2) is 0 Å². The third-order valence-corrected chi connectivity index (χ3v) is 5.31. The lowest BCUT2D eigenvalue weighted by molar-refractivity contribution is -0.121. The Kier molecular flexibility index (Phi) is 5.83. The predicted octanol–water partition coefficient (Wildman–Crippen LogP) is 2.14. The SMILES string of the molecule is CC(C)(C)CCCC(=O)NCC1CCS(=O)(=O)CC1. The maximum absolute atomic E-state index is 11.7. The van der Waals surface area contributed by atoms with Crippen LogP contribution in [0, 0.1) is 11.3 Å². The Morgan fingerprint density at radius 3 is 2.32 bits per heavy atom. The molecule has 0 unspecified atom stereocenters. The number of carbonyl (C=O) groups excluding carboxylic acids is 1. The van der Waals surface area contributed by atoms with E-state index >= 15 is 0 Å². The fraction of sp³-hybridized carbons (Fsp3) is 0.929. The van der Waals surface area contributed by atoms with Gasteiger partial charge in [0.2, 0.25) is 5.91 Å². The number of amides is 1. The van der Waals surface area contributed by atoms with E-state index in [1.807, 2.05) is 0 Å². The Hall–Kier alpha value is -0.580. The van der Waals surface area contributed by atoms with Crippen molar-refractivity contribution >= 4 is 15.7 Å². The molecule has 0 radical (unpaired) electrons. The number of hydrogen-bond acceptors (Lipinski definition) is 3. The van der Waals surface area contributed by atoms with Gasteiger partial charge in [0.25, 0.3) is 0 Å². The van der Waals surface area contributed by atoms with Crippen molar-refractivity contribution in [3.05, 3.63) is 0 Å². The zero-order valence-corrected chi connectivity index (χ0v) is 13.2. The van der Waals surface area contributed by atoms with Gasteiger partial charge in [0.1, 0.15) is 9.84 Å². The number of rotatable bonds is 5. The minimum absolute atomic E-state index is 0.0951. The van der Waals surface area contributed by atoms with Crippen LogP contribution in [0.25, 0.3) is 0 Å². The molecule has 112 valence electrons. The van der Waals surface area contributed by atoms with Crippen molar-refractivity contribution in [3.63, 3.8) is 0 Å². The van der Waals surface area contributed by atoms with Crippen molar-refractivity contribution in [2.24, 2.45) is 11.3 Å². The van der Waals surface area contributed by atoms with Gasteiger partial charge in [-0.05, 0) is 37.0 Å². The second kappa shape index (κ2) is 6.73. The third-order valence-electron chi connectivity index (χ3n) is 3.59. The van der Waals surface area contributed by atoms with E-state index in [-0.39, 0.29) is 22.8 Å². The van der Waals surface area contributed by atoms with E-state index in [1.165, 1.54) is 0 Å². The predicted molar refractivity (Wildman–Crippen MR) is 77.7 cm³/mol. The summed E-state index contributed by atoms with van der Waals surface area (Å²) in [4.78, 5) is 11.7. The van der Waals surface area contributed by atoms with Crippen LogP contribution >= 0.6 is 0 Å². The molecule has 1 rings (SSSR count). The first-order valence-corrected chi connectivity index (χ1v) is 8.97. The Labute approximate surface area is 117 Å². The molecule has 0 aromatic heterocycles. The molecule has 5 heteroatoms. The van der Waals surface area contributed by atoms with Gasteiger partial charge in [0.05, 0.1) is 11.5 Å². The summed E-state index contributed by atoms with van der Waals surface area (Å²) in [6, 6.07) is 0. The van der Waals surface area contributed by atoms with Crippen LogP contribution in [0.15, 0.2) is 0 Å². The standard InChI is InChI=1S/C14H27NO3S/c1-14(2,3)8-4-5-13(16)15-11-12-6-9-19(17,18)10-7-12/h12H,4-11H2,1-3H3,(H,15,16). The first kappa shape index (κ1) is 16.5. The summed E-state index contributed by atoms with van der Waals surface area (Å²) in [5, 5.41) is 2.93. The van der Waals surface area contributed by atoms with E-state index in [1.54, 1.807) is 0 Å². The minimum atomic E-state index is -2.80. The van der Waals surface area contributed by atoms with E-state index in [0.717, 1.165) is 12.8 Å². The minimum Gasteiger partial charge on any atom is -0.356 e. The quantitative estimate of drug-likeness (QED) is 0.843. The van der Waals surface area contributed by atoms with Crippen LogP contribution in [0.1, 0.15) is 52.9 Å². The average molecular weight is 289 g/mol. The third kappa shape index (κ3) is 7.55. The van der Waals surface area contributed by atoms with Gasteiger partial charge in [-0.1, -0.05) is 20.8 Å². The smallest absolute Gasteiger partial charge is 0.220 e. The van der Waals surface area contributed by atoms with Crippen molar-refractivity contribution < 1.29 is 13.2 Å². The molecule has 1 heterocycles. The Balaban J connectivity index is 2.14. The van der Waals surface area contributed by atoms with Crippen LogP contribution in [0.4, 0.5) is 0 Å². The molecule has 0 aromatic carbocycles. The van der Waals surface area contributed by atoms with Crippen molar-refractivity contribution in [1.82, 2.24) is 5.32 Å². The zero-order valence-electron chi connectivity index (χ0n) is 12.4. The van der Waals surface area contributed by atoms with E-state index in [2.05, 4.69) is 26.1 Å². The maximum atomic E-state index is 11.7. The molecule has 0 spiro atoms. The lowest BCUT2D eigenvalue weighted by atomic mass is 9.90. The molecule has 4 nitrogen and oxygen atoms in total. The zero-order chi connectivity index (χ0) is 14.5. The van der Waals surface area contributed by atoms with Crippen LogP contribution < -0.4 is 5.32 Å². The molecule has 0 aliphatic carbocycles. The molecule has 1 saturated heterocycles. The van der Waals surface area contributed by atoms with Crippen LogP contribution in [0.3, 0.4) is 0 Å². The summed E-state index contributed by atoms with van der Waals surface area (Å²) < 4.78 is 22.6. The average Bonchev–Trinajstić information content (AvgIpc) is 2.26. The molecule has 1 aliphatic heterocycles. The summed E-state index contributed by atoms with van der Waals surface area (Å²) in [6.07, 6.45) is 3.90. The van der Waals surface area contributed by atoms with E-state index < -0.39 is 9.84 Å². The Bertz CT molecular complexity index is 381. The van der Waals surface area contributed by atoms with E-state index in [4.69, 9.17) is 0 Å². The molecule has 0 aromatic rings. The summed E-state index contributed by atoms with van der Waals surface area (Å²) in [5.41, 5.74) is 0.276. The summed E-state index contributed by atoms with van der Waals surface area (Å²) in [7, 11) is -2.80. The number of nitrogens with one attached hydrogen (secondary N) is 1. The highest BCUT2D eigenvalue weighted by Crippen LogP contribution is 2.21. The van der Waals surface area contributed by atoms with Gasteiger partial charge in [-0.25, -0.2) is 8.42 Å². The molecule has 1 fully saturated rings. The molecule has 1 N–H and O–H groups in total. The van der Waals surface area contributed by atoms with Gasteiger partial charge in [0, 0.05) is 13.0 Å². The first-order valence-electron chi connectivity index (χ1n) is 7.15. The van der Waals surface area contributed by atoms with E-state index in [0.29, 0.717) is 31.7 Å². The monoisotopic (exact) mass is 289 g/mol. The van der Waals surface area contributed by atoms with Crippen molar-refractivity contribution in [2.45, 2.75) is 52.9 Å². The fourth-order valence-corrected chi connectivity index (χ4v) is 3.86. The lowest BCUT2D eigenvalue weighted by Gasteiger charge is -2.22. The molecule has 19 heavy (non-hydrogen) atoms. The second-order valence-electron chi connectivity index (χ2n) is 6.81. The second-order valence-corrected chi connectivity index (χ2v) is 9.12. The summed E-state index contributed by atoms with van der Waals surface area (Å²) >= 11 is 0. The molecule has 0 bridgehead atoms. The topological polar surface area (TPSA) is 63.2 Å². The van der Waals surface area contributed by atoms with Gasteiger partial charge < -0.3 is 5.32 Å². The largest absolute Gasteiger partial charge is 0.356 e. The Morgan fingerprint density at radius 1 is 1.21 bits per heavy atom. The molecule has 1 amide bonds. The van der Waals surface area contributed by atoms with E-state index in [9.17, 15) is 13.2 Å². The van der Waals surface area contributed by atoms with Crippen LogP contribution in [0.2, 0.25) is 0 Å². The van der Waals surface area contributed by atoms with Crippen molar-refractivity contribution in [2.75, 3.05) is 18.1 Å². The Morgan fingerprint density at radius 2 is 1.79 bits per heavy atom. The summed E-state index contributed by atoms with van der Waals surface area (Å²) in [6.45, 7) is 7.15. The first-order chi connectivity index (χ1) is 8.68.